The van der Waals surface area contributed by atoms with Gasteiger partial charge in [-0.05, 0) is 19.4 Å². The minimum absolute atomic E-state index is 0.348. The van der Waals surface area contributed by atoms with Crippen molar-refractivity contribution < 1.29 is 9.52 Å². The molecule has 11 heavy (non-hydrogen) atoms. The molecule has 62 valence electrons. The highest BCUT2D eigenvalue weighted by Gasteiger charge is 2.10. The highest BCUT2D eigenvalue weighted by Crippen LogP contribution is 2.21. The van der Waals surface area contributed by atoms with Gasteiger partial charge in [-0.2, -0.15) is 0 Å². The van der Waals surface area contributed by atoms with Crippen LogP contribution < -0.4 is 0 Å². The quantitative estimate of drug-likeness (QED) is 0.725. The Morgan fingerprint density at radius 2 is 2.36 bits per heavy atom. The summed E-state index contributed by atoms with van der Waals surface area (Å²) in [5.74, 6) is 0.825. The molecule has 0 radical (unpaired) electrons. The molecule has 0 fully saturated rings. The van der Waals surface area contributed by atoms with Gasteiger partial charge in [-0.25, -0.2) is 0 Å². The summed E-state index contributed by atoms with van der Waals surface area (Å²) in [5, 5.41) is 9.53. The molecule has 0 aromatic carbocycles. The summed E-state index contributed by atoms with van der Waals surface area (Å²) < 4.78 is 5.07. The first-order valence-corrected chi connectivity index (χ1v) is 3.97. The van der Waals surface area contributed by atoms with Crippen molar-refractivity contribution in [1.29, 1.82) is 0 Å². The number of aryl methyl sites for hydroxylation is 1. The van der Waals surface area contributed by atoms with Crippen molar-refractivity contribution in [3.63, 3.8) is 0 Å². The first-order valence-electron chi connectivity index (χ1n) is 3.97. The number of hydrogen-bond acceptors (Lipinski definition) is 2. The Labute approximate surface area is 66.8 Å². The molecule has 1 N–H and O–H groups in total. The maximum atomic E-state index is 9.53. The Bertz CT molecular complexity index is 215. The van der Waals surface area contributed by atoms with Crippen molar-refractivity contribution in [2.45, 2.75) is 32.8 Å². The molecule has 2 heteroatoms. The summed E-state index contributed by atoms with van der Waals surface area (Å²) in [7, 11) is 0. The summed E-state index contributed by atoms with van der Waals surface area (Å²) in [6, 6.07) is 1.83. The van der Waals surface area contributed by atoms with Gasteiger partial charge >= 0.3 is 0 Å². The lowest BCUT2D eigenvalue weighted by atomic mass is 10.1. The minimum Gasteiger partial charge on any atom is -0.469 e. The van der Waals surface area contributed by atoms with Gasteiger partial charge in [0.05, 0.1) is 12.4 Å². The van der Waals surface area contributed by atoms with Crippen molar-refractivity contribution in [2.24, 2.45) is 0 Å². The van der Waals surface area contributed by atoms with Crippen LogP contribution in [0.4, 0.5) is 0 Å². The summed E-state index contributed by atoms with van der Waals surface area (Å²) in [6.45, 7) is 3.92. The molecule has 0 spiro atoms. The van der Waals surface area contributed by atoms with E-state index in [1.807, 2.05) is 13.0 Å². The Kier molecular flexibility index (Phi) is 2.71. The average molecular weight is 154 g/mol. The third kappa shape index (κ3) is 1.84. The van der Waals surface area contributed by atoms with Gasteiger partial charge in [0.2, 0.25) is 0 Å². The number of aliphatic hydroxyl groups is 1. The van der Waals surface area contributed by atoms with Crippen LogP contribution >= 0.6 is 0 Å². The standard InChI is InChI=1S/C9H14O2/c1-3-4-9(10)8-5-6-11-7(8)2/h5-6,9-10H,3-4H2,1-2H3/t9-/m0/s1. The lowest BCUT2D eigenvalue weighted by molar-refractivity contribution is 0.164. The van der Waals surface area contributed by atoms with Crippen LogP contribution in [0, 0.1) is 6.92 Å². The van der Waals surface area contributed by atoms with Crippen molar-refractivity contribution in [2.75, 3.05) is 0 Å². The van der Waals surface area contributed by atoms with Gasteiger partial charge in [0, 0.05) is 5.56 Å². The predicted molar refractivity (Wildman–Crippen MR) is 43.3 cm³/mol. The van der Waals surface area contributed by atoms with Crippen LogP contribution in [0.5, 0.6) is 0 Å². The summed E-state index contributed by atoms with van der Waals surface area (Å²) in [6.07, 6.45) is 3.06. The second-order valence-corrected chi connectivity index (χ2v) is 2.74. The van der Waals surface area contributed by atoms with Gasteiger partial charge in [-0.15, -0.1) is 0 Å². The third-order valence-electron chi connectivity index (χ3n) is 1.82. The van der Waals surface area contributed by atoms with E-state index in [1.165, 1.54) is 0 Å². The monoisotopic (exact) mass is 154 g/mol. The summed E-state index contributed by atoms with van der Waals surface area (Å²) >= 11 is 0. The highest BCUT2D eigenvalue weighted by molar-refractivity contribution is 5.18. The van der Waals surface area contributed by atoms with E-state index in [1.54, 1.807) is 6.26 Å². The molecular weight excluding hydrogens is 140 g/mol. The Morgan fingerprint density at radius 1 is 1.64 bits per heavy atom. The fourth-order valence-corrected chi connectivity index (χ4v) is 1.17. The van der Waals surface area contributed by atoms with Gasteiger partial charge in [-0.3, -0.25) is 0 Å². The molecule has 1 aromatic heterocycles. The van der Waals surface area contributed by atoms with Crippen LogP contribution in [0.25, 0.3) is 0 Å². The van der Waals surface area contributed by atoms with Crippen LogP contribution in [-0.2, 0) is 0 Å². The van der Waals surface area contributed by atoms with Gasteiger partial charge in [0.25, 0.3) is 0 Å². The minimum atomic E-state index is -0.348. The van der Waals surface area contributed by atoms with E-state index in [0.29, 0.717) is 0 Å². The predicted octanol–water partition coefficient (Wildman–Crippen LogP) is 2.42. The molecule has 1 aromatic rings. The summed E-state index contributed by atoms with van der Waals surface area (Å²) in [5.41, 5.74) is 0.923. The second kappa shape index (κ2) is 3.58. The second-order valence-electron chi connectivity index (χ2n) is 2.74. The molecule has 0 aliphatic heterocycles. The molecule has 0 amide bonds. The highest BCUT2D eigenvalue weighted by atomic mass is 16.3. The molecule has 1 rings (SSSR count). The largest absolute Gasteiger partial charge is 0.469 e. The summed E-state index contributed by atoms with van der Waals surface area (Å²) in [4.78, 5) is 0. The van der Waals surface area contributed by atoms with E-state index in [-0.39, 0.29) is 6.10 Å². The van der Waals surface area contributed by atoms with Crippen LogP contribution in [0.3, 0.4) is 0 Å². The lowest BCUT2D eigenvalue weighted by Crippen LogP contribution is -1.95. The third-order valence-corrected chi connectivity index (χ3v) is 1.82. The number of rotatable bonds is 3. The van der Waals surface area contributed by atoms with Crippen LogP contribution in [0.15, 0.2) is 16.7 Å². The molecule has 0 bridgehead atoms. The number of aliphatic hydroxyl groups excluding tert-OH is 1. The molecule has 0 unspecified atom stereocenters. The maximum absolute atomic E-state index is 9.53. The molecule has 0 aliphatic carbocycles. The molecule has 1 atom stereocenters. The van der Waals surface area contributed by atoms with Gasteiger partial charge in [0.1, 0.15) is 5.76 Å². The Morgan fingerprint density at radius 3 is 2.82 bits per heavy atom. The van der Waals surface area contributed by atoms with E-state index < -0.39 is 0 Å². The Balaban J connectivity index is 2.67. The molecule has 0 saturated heterocycles. The zero-order valence-corrected chi connectivity index (χ0v) is 7.00. The zero-order chi connectivity index (χ0) is 8.27. The van der Waals surface area contributed by atoms with Crippen molar-refractivity contribution in [3.05, 3.63) is 23.7 Å². The van der Waals surface area contributed by atoms with E-state index in [4.69, 9.17) is 4.42 Å². The van der Waals surface area contributed by atoms with Crippen molar-refractivity contribution >= 4 is 0 Å². The van der Waals surface area contributed by atoms with Crippen molar-refractivity contribution in [1.82, 2.24) is 0 Å². The zero-order valence-electron chi connectivity index (χ0n) is 7.00. The molecule has 0 saturated carbocycles. The molecule has 0 aliphatic rings. The molecule has 1 heterocycles. The smallest absolute Gasteiger partial charge is 0.106 e. The van der Waals surface area contributed by atoms with Crippen LogP contribution in [-0.4, -0.2) is 5.11 Å². The van der Waals surface area contributed by atoms with Gasteiger partial charge in [0.15, 0.2) is 0 Å². The van der Waals surface area contributed by atoms with Gasteiger partial charge in [-0.1, -0.05) is 13.3 Å². The average Bonchev–Trinajstić information content (AvgIpc) is 2.36. The van der Waals surface area contributed by atoms with E-state index >= 15 is 0 Å². The Hall–Kier alpha value is -0.760. The van der Waals surface area contributed by atoms with Gasteiger partial charge < -0.3 is 9.52 Å². The first kappa shape index (κ1) is 8.34. The topological polar surface area (TPSA) is 33.4 Å². The number of hydrogen-bond donors (Lipinski definition) is 1. The maximum Gasteiger partial charge on any atom is 0.106 e. The normalized spacial score (nSPS) is 13.4. The molecular formula is C9H14O2. The fraction of sp³-hybridized carbons (Fsp3) is 0.556. The SMILES string of the molecule is CCC[C@H](O)c1ccoc1C. The van der Waals surface area contributed by atoms with Crippen LogP contribution in [0.1, 0.15) is 37.2 Å². The van der Waals surface area contributed by atoms with E-state index in [9.17, 15) is 5.11 Å². The lowest BCUT2D eigenvalue weighted by Gasteiger charge is -2.06. The fourth-order valence-electron chi connectivity index (χ4n) is 1.17. The van der Waals surface area contributed by atoms with Crippen LogP contribution in [0.2, 0.25) is 0 Å². The molecule has 2 nitrogen and oxygen atoms in total. The van der Waals surface area contributed by atoms with E-state index in [0.717, 1.165) is 24.2 Å². The van der Waals surface area contributed by atoms with Crippen molar-refractivity contribution in [3.8, 4) is 0 Å². The number of furan rings is 1. The first-order chi connectivity index (χ1) is 5.25. The van der Waals surface area contributed by atoms with E-state index in [2.05, 4.69) is 6.92 Å².